The molecule has 0 aromatic heterocycles. The van der Waals surface area contributed by atoms with Crippen LogP contribution in [0.25, 0.3) is 16.8 Å². The summed E-state index contributed by atoms with van der Waals surface area (Å²) in [5.74, 6) is -5.05. The molecule has 2 aliphatic rings. The first kappa shape index (κ1) is 14.0. The number of cyclic esters (lactones) is 1. The van der Waals surface area contributed by atoms with E-state index in [1.54, 1.807) is 24.3 Å². The summed E-state index contributed by atoms with van der Waals surface area (Å²) in [6.07, 6.45) is 4.34. The Balaban J connectivity index is 1.62. The summed E-state index contributed by atoms with van der Waals surface area (Å²) in [5, 5.41) is 30.7. The van der Waals surface area contributed by atoms with Crippen LogP contribution in [0, 0.1) is 0 Å². The number of fused-ring (bicyclic) bond motifs is 2. The number of hydrogen-bond acceptors (Lipinski definition) is 6. The van der Waals surface area contributed by atoms with Gasteiger partial charge in [0.05, 0.1) is 0 Å². The number of ether oxygens (including phenoxy) is 2. The van der Waals surface area contributed by atoms with Crippen molar-refractivity contribution >= 4 is 22.8 Å². The number of allylic oxidation sites excluding steroid dienone is 1. The van der Waals surface area contributed by atoms with E-state index in [4.69, 9.17) is 4.74 Å². The fourth-order valence-corrected chi connectivity index (χ4v) is 2.53. The summed E-state index contributed by atoms with van der Waals surface area (Å²) in [7, 11) is 0. The van der Waals surface area contributed by atoms with Crippen molar-refractivity contribution in [3.8, 4) is 5.75 Å². The minimum absolute atomic E-state index is 0.0884. The van der Waals surface area contributed by atoms with Gasteiger partial charge in [0.2, 0.25) is 0 Å². The molecule has 2 aromatic carbocycles. The lowest BCUT2D eigenvalue weighted by atomic mass is 10.1. The van der Waals surface area contributed by atoms with Crippen molar-refractivity contribution in [1.29, 1.82) is 0 Å². The van der Waals surface area contributed by atoms with Crippen molar-refractivity contribution in [3.63, 3.8) is 0 Å². The van der Waals surface area contributed by atoms with Crippen LogP contribution in [-0.4, -0.2) is 32.9 Å². The number of aliphatic hydroxyl groups is 2. The molecule has 0 aliphatic carbocycles. The van der Waals surface area contributed by atoms with Crippen LogP contribution in [0.2, 0.25) is 0 Å². The first-order valence-electron chi connectivity index (χ1n) is 6.91. The van der Waals surface area contributed by atoms with Crippen LogP contribution in [0.1, 0.15) is 5.56 Å². The molecule has 1 fully saturated rings. The van der Waals surface area contributed by atoms with E-state index in [9.17, 15) is 20.1 Å². The quantitative estimate of drug-likeness (QED) is 0.573. The molecule has 0 amide bonds. The first-order chi connectivity index (χ1) is 10.9. The molecule has 0 radical (unpaired) electrons. The van der Waals surface area contributed by atoms with Gasteiger partial charge in [0.1, 0.15) is 11.5 Å². The highest BCUT2D eigenvalue weighted by Crippen LogP contribution is 2.49. The molecule has 2 atom stereocenters. The minimum Gasteiger partial charge on any atom is -0.508 e. The van der Waals surface area contributed by atoms with Gasteiger partial charge in [0.25, 0.3) is 5.79 Å². The molecule has 2 unspecified atom stereocenters. The Hall–Kier alpha value is -2.67. The third kappa shape index (κ3) is 2.12. The maximum atomic E-state index is 11.5. The van der Waals surface area contributed by atoms with Crippen LogP contribution in [0.5, 0.6) is 5.75 Å². The van der Waals surface area contributed by atoms with Crippen molar-refractivity contribution < 1.29 is 29.6 Å². The summed E-state index contributed by atoms with van der Waals surface area (Å²) in [6, 6.07) is 10.6. The zero-order chi connectivity index (χ0) is 16.2. The van der Waals surface area contributed by atoms with E-state index >= 15 is 0 Å². The molecule has 2 aromatic rings. The van der Waals surface area contributed by atoms with Crippen LogP contribution >= 0.6 is 0 Å². The van der Waals surface area contributed by atoms with Gasteiger partial charge in [0, 0.05) is 6.08 Å². The number of benzene rings is 2. The second-order valence-electron chi connectivity index (χ2n) is 5.50. The standard InChI is InChI=1S/C17H12O6/c18-13-5-4-11-7-10(1-3-12(11)8-13)2-6-14-9-16(20)17(21,23-16)15(19)22-14/h1-9,18,20-21H/b6-2+. The van der Waals surface area contributed by atoms with Crippen molar-refractivity contribution in [2.75, 3.05) is 0 Å². The number of hydrogen-bond donors (Lipinski definition) is 3. The third-order valence-electron chi connectivity index (χ3n) is 3.86. The smallest absolute Gasteiger partial charge is 0.378 e. The fourth-order valence-electron chi connectivity index (χ4n) is 2.53. The molecule has 6 nitrogen and oxygen atoms in total. The average molecular weight is 312 g/mol. The third-order valence-corrected chi connectivity index (χ3v) is 3.86. The molecule has 0 spiro atoms. The first-order valence-corrected chi connectivity index (χ1v) is 6.91. The van der Waals surface area contributed by atoms with E-state index in [1.165, 1.54) is 6.08 Å². The molecule has 2 heterocycles. The Bertz CT molecular complexity index is 899. The van der Waals surface area contributed by atoms with Gasteiger partial charge in [-0.2, -0.15) is 0 Å². The molecule has 23 heavy (non-hydrogen) atoms. The van der Waals surface area contributed by atoms with Gasteiger partial charge in [-0.15, -0.1) is 0 Å². The molecule has 3 N–H and O–H groups in total. The largest absolute Gasteiger partial charge is 0.508 e. The number of epoxide rings is 1. The monoisotopic (exact) mass is 312 g/mol. The lowest BCUT2D eigenvalue weighted by Gasteiger charge is -2.14. The Morgan fingerprint density at radius 2 is 1.74 bits per heavy atom. The molecule has 0 bridgehead atoms. The van der Waals surface area contributed by atoms with E-state index in [0.29, 0.717) is 0 Å². The highest BCUT2D eigenvalue weighted by Gasteiger charge is 2.77. The number of esters is 1. The summed E-state index contributed by atoms with van der Waals surface area (Å²) >= 11 is 0. The number of carbonyl (C=O) groups is 1. The molecule has 116 valence electrons. The SMILES string of the molecule is O=C1OC(/C=C/c2ccc3cc(O)ccc3c2)=CC2(O)OC12O. The van der Waals surface area contributed by atoms with Gasteiger partial charge in [-0.05, 0) is 40.6 Å². The Morgan fingerprint density at radius 1 is 1.00 bits per heavy atom. The van der Waals surface area contributed by atoms with E-state index in [-0.39, 0.29) is 11.5 Å². The lowest BCUT2D eigenvalue weighted by molar-refractivity contribution is -0.161. The van der Waals surface area contributed by atoms with Gasteiger partial charge in [0.15, 0.2) is 0 Å². The number of carbonyl (C=O) groups excluding carboxylic acids is 1. The normalized spacial score (nSPS) is 29.3. The van der Waals surface area contributed by atoms with Crippen LogP contribution in [0.3, 0.4) is 0 Å². The van der Waals surface area contributed by atoms with Crippen molar-refractivity contribution in [1.82, 2.24) is 0 Å². The predicted molar refractivity (Wildman–Crippen MR) is 79.8 cm³/mol. The maximum Gasteiger partial charge on any atom is 0.378 e. The summed E-state index contributed by atoms with van der Waals surface area (Å²) < 4.78 is 9.52. The van der Waals surface area contributed by atoms with Crippen LogP contribution in [0.4, 0.5) is 0 Å². The summed E-state index contributed by atoms with van der Waals surface area (Å²) in [4.78, 5) is 11.5. The molecule has 2 aliphatic heterocycles. The predicted octanol–water partition coefficient (Wildman–Crippen LogP) is 1.41. The number of phenolic OH excluding ortho intramolecular Hbond substituents is 1. The van der Waals surface area contributed by atoms with E-state index in [0.717, 1.165) is 22.4 Å². The molecule has 4 rings (SSSR count). The molecular formula is C17H12O6. The molecule has 1 saturated heterocycles. The second-order valence-corrected chi connectivity index (χ2v) is 5.50. The van der Waals surface area contributed by atoms with Crippen LogP contribution < -0.4 is 0 Å². The zero-order valence-electron chi connectivity index (χ0n) is 11.8. The lowest BCUT2D eigenvalue weighted by Crippen LogP contribution is -2.37. The van der Waals surface area contributed by atoms with Gasteiger partial charge in [-0.3, -0.25) is 4.74 Å². The van der Waals surface area contributed by atoms with Crippen molar-refractivity contribution in [3.05, 3.63) is 59.9 Å². The summed E-state index contributed by atoms with van der Waals surface area (Å²) in [5.41, 5.74) is 0.838. The Labute approximate surface area is 130 Å². The van der Waals surface area contributed by atoms with Crippen LogP contribution in [0.15, 0.2) is 54.3 Å². The number of aromatic hydroxyl groups is 1. The second kappa shape index (κ2) is 4.42. The zero-order valence-corrected chi connectivity index (χ0v) is 11.8. The maximum absolute atomic E-state index is 11.5. The topological polar surface area (TPSA) is 99.5 Å². The highest BCUT2D eigenvalue weighted by molar-refractivity contribution is 5.87. The van der Waals surface area contributed by atoms with Gasteiger partial charge < -0.3 is 20.1 Å². The van der Waals surface area contributed by atoms with Crippen molar-refractivity contribution in [2.24, 2.45) is 0 Å². The van der Waals surface area contributed by atoms with Crippen molar-refractivity contribution in [2.45, 2.75) is 11.6 Å². The van der Waals surface area contributed by atoms with Crippen LogP contribution in [-0.2, 0) is 14.3 Å². The van der Waals surface area contributed by atoms with Gasteiger partial charge in [-0.1, -0.05) is 24.3 Å². The highest BCUT2D eigenvalue weighted by atomic mass is 16.9. The number of phenols is 1. The van der Waals surface area contributed by atoms with Gasteiger partial charge >= 0.3 is 11.8 Å². The Morgan fingerprint density at radius 3 is 2.52 bits per heavy atom. The van der Waals surface area contributed by atoms with Gasteiger partial charge in [-0.25, -0.2) is 4.79 Å². The molecule has 6 heteroatoms. The average Bonchev–Trinajstić information content (AvgIpc) is 3.09. The number of rotatable bonds is 2. The fraction of sp³-hybridized carbons (Fsp3) is 0.118. The Kier molecular flexibility index (Phi) is 2.68. The molecular weight excluding hydrogens is 300 g/mol. The molecule has 0 saturated carbocycles. The van der Waals surface area contributed by atoms with E-state index in [2.05, 4.69) is 4.74 Å². The summed E-state index contributed by atoms with van der Waals surface area (Å²) in [6.45, 7) is 0. The van der Waals surface area contributed by atoms with E-state index in [1.807, 2.05) is 18.2 Å². The van der Waals surface area contributed by atoms with E-state index < -0.39 is 17.5 Å². The minimum atomic E-state index is -2.28.